The highest BCUT2D eigenvalue weighted by Gasteiger charge is 2.30. The summed E-state index contributed by atoms with van der Waals surface area (Å²) in [7, 11) is 1.83. The van der Waals surface area contributed by atoms with E-state index in [-0.39, 0.29) is 24.4 Å². The van der Waals surface area contributed by atoms with E-state index in [1.54, 1.807) is 0 Å². The minimum atomic E-state index is -0.304. The number of carbonyl (C=O) groups is 2. The van der Waals surface area contributed by atoms with Crippen molar-refractivity contribution in [3.05, 3.63) is 29.8 Å². The first-order chi connectivity index (χ1) is 11.8. The molecule has 25 heavy (non-hydrogen) atoms. The predicted octanol–water partition coefficient (Wildman–Crippen LogP) is 2.76. The highest BCUT2D eigenvalue weighted by atomic mass is 16.2. The van der Waals surface area contributed by atoms with Crippen molar-refractivity contribution in [1.82, 2.24) is 9.80 Å². The maximum atomic E-state index is 12.8. The Morgan fingerprint density at radius 1 is 1.20 bits per heavy atom. The molecule has 5 nitrogen and oxygen atoms in total. The van der Waals surface area contributed by atoms with Gasteiger partial charge in [-0.1, -0.05) is 31.5 Å². The summed E-state index contributed by atoms with van der Waals surface area (Å²) in [5.41, 5.74) is 1.93. The molecule has 0 unspecified atom stereocenters. The third-order valence-corrected chi connectivity index (χ3v) is 4.93. The number of carbonyl (C=O) groups excluding carboxylic acids is 2. The number of nitrogens with one attached hydrogen (secondary N) is 1. The van der Waals surface area contributed by atoms with Gasteiger partial charge in [0.1, 0.15) is 0 Å². The Balaban J connectivity index is 1.88. The van der Waals surface area contributed by atoms with Crippen LogP contribution in [0.25, 0.3) is 0 Å². The Labute approximate surface area is 151 Å². The zero-order chi connectivity index (χ0) is 18.6. The summed E-state index contributed by atoms with van der Waals surface area (Å²) in [4.78, 5) is 28.8. The molecule has 0 saturated carbocycles. The van der Waals surface area contributed by atoms with E-state index in [2.05, 4.69) is 19.2 Å². The van der Waals surface area contributed by atoms with Gasteiger partial charge in [0.15, 0.2) is 0 Å². The van der Waals surface area contributed by atoms with Crippen LogP contribution in [0.1, 0.15) is 32.8 Å². The predicted molar refractivity (Wildman–Crippen MR) is 101 cm³/mol. The van der Waals surface area contributed by atoms with Crippen LogP contribution in [0.5, 0.6) is 0 Å². The monoisotopic (exact) mass is 345 g/mol. The Bertz CT molecular complexity index is 589. The molecule has 0 aromatic heterocycles. The molecule has 1 heterocycles. The number of hydrogen-bond donors (Lipinski definition) is 1. The molecule has 1 aromatic carbocycles. The maximum absolute atomic E-state index is 12.8. The molecule has 1 fully saturated rings. The van der Waals surface area contributed by atoms with Crippen LogP contribution in [0.4, 0.5) is 5.69 Å². The van der Waals surface area contributed by atoms with Crippen LogP contribution < -0.4 is 5.32 Å². The third kappa shape index (κ3) is 5.56. The molecular weight excluding hydrogens is 314 g/mol. The van der Waals surface area contributed by atoms with E-state index >= 15 is 0 Å². The van der Waals surface area contributed by atoms with Crippen LogP contribution in [-0.2, 0) is 9.59 Å². The second-order valence-electron chi connectivity index (χ2n) is 7.69. The van der Waals surface area contributed by atoms with Crippen LogP contribution in [-0.4, -0.2) is 54.3 Å². The van der Waals surface area contributed by atoms with Gasteiger partial charge in [-0.2, -0.15) is 0 Å². The Morgan fingerprint density at radius 2 is 1.76 bits per heavy atom. The van der Waals surface area contributed by atoms with Gasteiger partial charge in [-0.05, 0) is 51.3 Å². The molecule has 0 radical (unpaired) electrons. The van der Waals surface area contributed by atoms with Crippen molar-refractivity contribution in [2.24, 2.45) is 11.8 Å². The average Bonchev–Trinajstić information content (AvgIpc) is 2.54. The third-order valence-electron chi connectivity index (χ3n) is 4.93. The average molecular weight is 345 g/mol. The standard InChI is InChI=1S/C20H31N3O2/c1-14-6-8-18(9-7-14)21-19(24)13-22(5)17(4)20(25)23-11-15(2)10-16(3)12-23/h6-9,15-17H,10-13H2,1-5H3,(H,21,24)/t15-,16+,17-/m0/s1. The van der Waals surface area contributed by atoms with Gasteiger partial charge in [0.05, 0.1) is 12.6 Å². The number of piperidine rings is 1. The summed E-state index contributed by atoms with van der Waals surface area (Å²) in [5.74, 6) is 1.08. The summed E-state index contributed by atoms with van der Waals surface area (Å²) < 4.78 is 0. The van der Waals surface area contributed by atoms with Crippen molar-refractivity contribution in [1.29, 1.82) is 0 Å². The van der Waals surface area contributed by atoms with Crippen molar-refractivity contribution >= 4 is 17.5 Å². The maximum Gasteiger partial charge on any atom is 0.239 e. The molecular formula is C20H31N3O2. The highest BCUT2D eigenvalue weighted by Crippen LogP contribution is 2.22. The zero-order valence-corrected chi connectivity index (χ0v) is 16.1. The summed E-state index contributed by atoms with van der Waals surface area (Å²) in [6.45, 7) is 10.1. The van der Waals surface area contributed by atoms with Gasteiger partial charge in [0.25, 0.3) is 0 Å². The van der Waals surface area contributed by atoms with E-state index in [9.17, 15) is 9.59 Å². The molecule has 1 N–H and O–H groups in total. The Morgan fingerprint density at radius 3 is 2.32 bits per heavy atom. The lowest BCUT2D eigenvalue weighted by Crippen LogP contribution is -2.51. The van der Waals surface area contributed by atoms with Gasteiger partial charge < -0.3 is 10.2 Å². The van der Waals surface area contributed by atoms with Crippen LogP contribution in [0.2, 0.25) is 0 Å². The molecule has 2 amide bonds. The summed E-state index contributed by atoms with van der Waals surface area (Å²) >= 11 is 0. The van der Waals surface area contributed by atoms with E-state index in [1.165, 1.54) is 6.42 Å². The van der Waals surface area contributed by atoms with Crippen molar-refractivity contribution < 1.29 is 9.59 Å². The van der Waals surface area contributed by atoms with Crippen LogP contribution >= 0.6 is 0 Å². The topological polar surface area (TPSA) is 52.7 Å². The van der Waals surface area contributed by atoms with Gasteiger partial charge in [0.2, 0.25) is 11.8 Å². The number of amides is 2. The van der Waals surface area contributed by atoms with Gasteiger partial charge in [-0.25, -0.2) is 0 Å². The molecule has 0 bridgehead atoms. The number of likely N-dealkylation sites (tertiary alicyclic amines) is 1. The number of anilines is 1. The summed E-state index contributed by atoms with van der Waals surface area (Å²) in [6, 6.07) is 7.40. The lowest BCUT2D eigenvalue weighted by atomic mass is 9.91. The summed E-state index contributed by atoms with van der Waals surface area (Å²) in [6.07, 6.45) is 1.17. The van der Waals surface area contributed by atoms with Gasteiger partial charge >= 0.3 is 0 Å². The van der Waals surface area contributed by atoms with Gasteiger partial charge in [-0.15, -0.1) is 0 Å². The van der Waals surface area contributed by atoms with Crippen molar-refractivity contribution in [2.75, 3.05) is 32.0 Å². The van der Waals surface area contributed by atoms with E-state index in [0.717, 1.165) is 24.3 Å². The lowest BCUT2D eigenvalue weighted by Gasteiger charge is -2.38. The highest BCUT2D eigenvalue weighted by molar-refractivity contribution is 5.92. The van der Waals surface area contributed by atoms with Crippen molar-refractivity contribution in [2.45, 2.75) is 40.2 Å². The van der Waals surface area contributed by atoms with E-state index < -0.39 is 0 Å². The fourth-order valence-electron chi connectivity index (χ4n) is 3.50. The number of aryl methyl sites for hydroxylation is 1. The molecule has 2 rings (SSSR count). The molecule has 1 aliphatic heterocycles. The van der Waals surface area contributed by atoms with E-state index in [1.807, 2.05) is 55.0 Å². The molecule has 1 aromatic rings. The largest absolute Gasteiger partial charge is 0.341 e. The van der Waals surface area contributed by atoms with E-state index in [0.29, 0.717) is 11.8 Å². The molecule has 1 aliphatic rings. The number of likely N-dealkylation sites (N-methyl/N-ethyl adjacent to an activating group) is 1. The van der Waals surface area contributed by atoms with Crippen molar-refractivity contribution in [3.63, 3.8) is 0 Å². The smallest absolute Gasteiger partial charge is 0.239 e. The molecule has 0 aliphatic carbocycles. The number of benzene rings is 1. The Kier molecular flexibility index (Phi) is 6.59. The van der Waals surface area contributed by atoms with Gasteiger partial charge in [-0.3, -0.25) is 14.5 Å². The first-order valence-electron chi connectivity index (χ1n) is 9.11. The Hall–Kier alpha value is -1.88. The van der Waals surface area contributed by atoms with Crippen molar-refractivity contribution in [3.8, 4) is 0 Å². The number of rotatable bonds is 5. The quantitative estimate of drug-likeness (QED) is 0.893. The fraction of sp³-hybridized carbons (Fsp3) is 0.600. The van der Waals surface area contributed by atoms with Crippen LogP contribution in [0.3, 0.4) is 0 Å². The second-order valence-corrected chi connectivity index (χ2v) is 7.69. The van der Waals surface area contributed by atoms with Crippen LogP contribution in [0.15, 0.2) is 24.3 Å². The number of hydrogen-bond acceptors (Lipinski definition) is 3. The second kappa shape index (κ2) is 8.48. The summed E-state index contributed by atoms with van der Waals surface area (Å²) in [5, 5.41) is 2.88. The molecule has 3 atom stereocenters. The molecule has 138 valence electrons. The zero-order valence-electron chi connectivity index (χ0n) is 16.1. The first kappa shape index (κ1) is 19.4. The SMILES string of the molecule is Cc1ccc(NC(=O)CN(C)[C@@H](C)C(=O)N2C[C@H](C)C[C@H](C)C2)cc1. The minimum Gasteiger partial charge on any atom is -0.341 e. The first-order valence-corrected chi connectivity index (χ1v) is 9.11. The molecule has 0 spiro atoms. The molecule has 5 heteroatoms. The molecule has 1 saturated heterocycles. The fourth-order valence-corrected chi connectivity index (χ4v) is 3.50. The minimum absolute atomic E-state index is 0.105. The normalized spacial score (nSPS) is 21.9. The van der Waals surface area contributed by atoms with Crippen LogP contribution in [0, 0.1) is 18.8 Å². The van der Waals surface area contributed by atoms with E-state index in [4.69, 9.17) is 0 Å². The number of nitrogens with zero attached hydrogens (tertiary/aromatic N) is 2. The van der Waals surface area contributed by atoms with Gasteiger partial charge in [0, 0.05) is 18.8 Å². The lowest BCUT2D eigenvalue weighted by molar-refractivity contribution is -0.139.